The molecule has 0 aliphatic heterocycles. The minimum atomic E-state index is -0.342. The lowest BCUT2D eigenvalue weighted by atomic mass is 10.1. The molecule has 2 amide bonds. The van der Waals surface area contributed by atoms with Crippen LogP contribution < -0.4 is 14.8 Å². The second-order valence-electron chi connectivity index (χ2n) is 8.59. The number of carbonyl (C=O) groups excluding carboxylic acids is 2. The summed E-state index contributed by atoms with van der Waals surface area (Å²) in [5.41, 5.74) is 1.39. The molecule has 2 aromatic carbocycles. The van der Waals surface area contributed by atoms with E-state index in [4.69, 9.17) is 21.1 Å². The molecule has 0 fully saturated rings. The number of nitrogens with zero attached hydrogens (tertiary/aromatic N) is 5. The molecule has 192 valence electrons. The summed E-state index contributed by atoms with van der Waals surface area (Å²) < 4.78 is 10.6. The number of carbonyl (C=O) groups is 2. The van der Waals surface area contributed by atoms with Gasteiger partial charge in [-0.2, -0.15) is 4.80 Å². The second-order valence-corrected chi connectivity index (χ2v) is 8.99. The number of aromatic nitrogens is 4. The van der Waals surface area contributed by atoms with Gasteiger partial charge in [-0.25, -0.2) is 0 Å². The molecule has 0 radical (unpaired) electrons. The van der Waals surface area contributed by atoms with E-state index in [1.165, 1.54) is 16.8 Å². The fourth-order valence-electron chi connectivity index (χ4n) is 3.42. The van der Waals surface area contributed by atoms with E-state index >= 15 is 0 Å². The maximum Gasteiger partial charge on any atom is 0.247 e. The number of benzene rings is 2. The quantitative estimate of drug-likeness (QED) is 0.395. The summed E-state index contributed by atoms with van der Waals surface area (Å²) in [5, 5.41) is 15.8. The summed E-state index contributed by atoms with van der Waals surface area (Å²) in [5.74, 6) is 1.30. The first kappa shape index (κ1) is 26.9. The van der Waals surface area contributed by atoms with Gasteiger partial charge in [0.2, 0.25) is 17.6 Å². The van der Waals surface area contributed by atoms with E-state index in [0.717, 1.165) is 12.0 Å². The predicted molar refractivity (Wildman–Crippen MR) is 136 cm³/mol. The van der Waals surface area contributed by atoms with Crippen LogP contribution in [0.3, 0.4) is 0 Å². The van der Waals surface area contributed by atoms with Crippen LogP contribution in [0.5, 0.6) is 11.5 Å². The topological polar surface area (TPSA) is 111 Å². The number of rotatable bonds is 12. The molecule has 0 unspecified atom stereocenters. The molecule has 0 saturated heterocycles. The Morgan fingerprint density at radius 1 is 1.11 bits per heavy atom. The van der Waals surface area contributed by atoms with Crippen LogP contribution in [0.1, 0.15) is 25.8 Å². The maximum absolute atomic E-state index is 13.2. The first-order valence-electron chi connectivity index (χ1n) is 11.6. The zero-order chi connectivity index (χ0) is 26.1. The molecule has 10 nitrogen and oxygen atoms in total. The second kappa shape index (κ2) is 12.9. The predicted octanol–water partition coefficient (Wildman–Crippen LogP) is 3.20. The van der Waals surface area contributed by atoms with Crippen molar-refractivity contribution in [1.29, 1.82) is 0 Å². The van der Waals surface area contributed by atoms with Crippen LogP contribution >= 0.6 is 11.6 Å². The number of tetrazole rings is 1. The highest BCUT2D eigenvalue weighted by Crippen LogP contribution is 2.30. The zero-order valence-corrected chi connectivity index (χ0v) is 21.7. The van der Waals surface area contributed by atoms with E-state index in [-0.39, 0.29) is 31.4 Å². The lowest BCUT2D eigenvalue weighted by Crippen LogP contribution is -2.42. The third kappa shape index (κ3) is 7.42. The van der Waals surface area contributed by atoms with Crippen LogP contribution in [0, 0.1) is 5.92 Å². The van der Waals surface area contributed by atoms with E-state index in [1.54, 1.807) is 31.4 Å². The summed E-state index contributed by atoms with van der Waals surface area (Å²) in [4.78, 5) is 28.4. The molecule has 11 heteroatoms. The number of ether oxygens (including phenoxy) is 2. The molecule has 0 atom stereocenters. The Kier molecular flexibility index (Phi) is 9.63. The number of amides is 2. The zero-order valence-electron chi connectivity index (χ0n) is 20.9. The molecule has 1 heterocycles. The number of hydrogen-bond donors (Lipinski definition) is 1. The van der Waals surface area contributed by atoms with Gasteiger partial charge in [-0.1, -0.05) is 43.6 Å². The average Bonchev–Trinajstić information content (AvgIpc) is 3.32. The Morgan fingerprint density at radius 2 is 1.86 bits per heavy atom. The fourth-order valence-corrected chi connectivity index (χ4v) is 3.61. The average molecular weight is 515 g/mol. The molecule has 0 spiro atoms. The van der Waals surface area contributed by atoms with E-state index in [2.05, 4.69) is 34.6 Å². The minimum Gasteiger partial charge on any atom is -0.493 e. The maximum atomic E-state index is 13.2. The van der Waals surface area contributed by atoms with Gasteiger partial charge in [0.15, 0.2) is 11.5 Å². The van der Waals surface area contributed by atoms with Crippen molar-refractivity contribution in [3.63, 3.8) is 0 Å². The summed E-state index contributed by atoms with van der Waals surface area (Å²) in [6.07, 6.45) is 0.853. The normalized spacial score (nSPS) is 10.8. The van der Waals surface area contributed by atoms with Crippen molar-refractivity contribution >= 4 is 23.4 Å². The molecule has 3 aromatic rings. The number of nitrogens with one attached hydrogen (secondary N) is 1. The Morgan fingerprint density at radius 3 is 2.56 bits per heavy atom. The Labute approximate surface area is 215 Å². The van der Waals surface area contributed by atoms with Crippen molar-refractivity contribution in [2.75, 3.05) is 27.3 Å². The van der Waals surface area contributed by atoms with E-state index < -0.39 is 0 Å². The third-order valence-corrected chi connectivity index (χ3v) is 5.79. The summed E-state index contributed by atoms with van der Waals surface area (Å²) >= 11 is 6.31. The number of methoxy groups -OCH3 is 2. The van der Waals surface area contributed by atoms with Gasteiger partial charge >= 0.3 is 0 Å². The minimum absolute atomic E-state index is 0.112. The van der Waals surface area contributed by atoms with Crippen molar-refractivity contribution in [3.05, 3.63) is 53.1 Å². The van der Waals surface area contributed by atoms with Crippen LogP contribution in [0.15, 0.2) is 42.5 Å². The monoisotopic (exact) mass is 514 g/mol. The van der Waals surface area contributed by atoms with Crippen LogP contribution in [0.25, 0.3) is 11.4 Å². The SMILES string of the molecule is COc1ccc(-c2nnn(CC(=O)N(CC(=O)NCCC(C)C)Cc3ccccc3Cl)n2)cc1OC. The largest absolute Gasteiger partial charge is 0.493 e. The van der Waals surface area contributed by atoms with Gasteiger partial charge in [-0.15, -0.1) is 10.2 Å². The van der Waals surface area contributed by atoms with Gasteiger partial charge in [0.05, 0.1) is 20.8 Å². The van der Waals surface area contributed by atoms with Crippen LogP contribution in [-0.2, 0) is 22.7 Å². The number of halogens is 1. The smallest absolute Gasteiger partial charge is 0.247 e. The highest BCUT2D eigenvalue weighted by atomic mass is 35.5. The lowest BCUT2D eigenvalue weighted by molar-refractivity contribution is -0.137. The Balaban J connectivity index is 1.74. The first-order chi connectivity index (χ1) is 17.3. The lowest BCUT2D eigenvalue weighted by Gasteiger charge is -2.22. The van der Waals surface area contributed by atoms with Crippen molar-refractivity contribution in [1.82, 2.24) is 30.4 Å². The summed E-state index contributed by atoms with van der Waals surface area (Å²) in [7, 11) is 3.09. The molecule has 0 aliphatic rings. The standard InChI is InChI=1S/C25H31ClN6O4/c1-17(2)11-12-27-23(33)15-31(14-19-7-5-6-8-20(19)26)24(34)16-32-29-25(28-30-32)18-9-10-21(35-3)22(13-18)36-4/h5-10,13,17H,11-12,14-16H2,1-4H3,(H,27,33). The van der Waals surface area contributed by atoms with Gasteiger partial charge in [0, 0.05) is 23.7 Å². The van der Waals surface area contributed by atoms with E-state index in [0.29, 0.717) is 40.4 Å². The molecular formula is C25H31ClN6O4. The highest BCUT2D eigenvalue weighted by molar-refractivity contribution is 6.31. The molecular weight excluding hydrogens is 484 g/mol. The molecule has 1 N–H and O–H groups in total. The van der Waals surface area contributed by atoms with Crippen LogP contribution in [-0.4, -0.2) is 64.2 Å². The molecule has 36 heavy (non-hydrogen) atoms. The Bertz CT molecular complexity index is 1180. The summed E-state index contributed by atoms with van der Waals surface area (Å²) in [6.45, 7) is 4.59. The molecule has 0 bridgehead atoms. The fraction of sp³-hybridized carbons (Fsp3) is 0.400. The molecule has 1 aromatic heterocycles. The van der Waals surface area contributed by atoms with Gasteiger partial charge in [-0.05, 0) is 47.4 Å². The van der Waals surface area contributed by atoms with Gasteiger partial charge in [0.25, 0.3) is 0 Å². The van der Waals surface area contributed by atoms with Gasteiger partial charge in [-0.3, -0.25) is 9.59 Å². The Hall–Kier alpha value is -3.66. The van der Waals surface area contributed by atoms with Crippen molar-refractivity contribution in [3.8, 4) is 22.9 Å². The van der Waals surface area contributed by atoms with E-state index in [1.807, 2.05) is 18.2 Å². The van der Waals surface area contributed by atoms with Crippen molar-refractivity contribution in [2.45, 2.75) is 33.4 Å². The molecule has 0 saturated carbocycles. The third-order valence-electron chi connectivity index (χ3n) is 5.42. The first-order valence-corrected chi connectivity index (χ1v) is 12.0. The van der Waals surface area contributed by atoms with Crippen LogP contribution in [0.4, 0.5) is 0 Å². The summed E-state index contributed by atoms with van der Waals surface area (Å²) in [6, 6.07) is 12.5. The number of hydrogen-bond acceptors (Lipinski definition) is 7. The van der Waals surface area contributed by atoms with Crippen LogP contribution in [0.2, 0.25) is 5.02 Å². The van der Waals surface area contributed by atoms with Gasteiger partial charge < -0.3 is 19.7 Å². The highest BCUT2D eigenvalue weighted by Gasteiger charge is 2.21. The van der Waals surface area contributed by atoms with E-state index in [9.17, 15) is 9.59 Å². The van der Waals surface area contributed by atoms with Crippen molar-refractivity contribution in [2.24, 2.45) is 5.92 Å². The van der Waals surface area contributed by atoms with Gasteiger partial charge in [0.1, 0.15) is 6.54 Å². The van der Waals surface area contributed by atoms with Crippen molar-refractivity contribution < 1.29 is 19.1 Å². The molecule has 3 rings (SSSR count). The molecule has 0 aliphatic carbocycles.